The van der Waals surface area contributed by atoms with Crippen molar-refractivity contribution in [3.63, 3.8) is 0 Å². The Bertz CT molecular complexity index is 392. The van der Waals surface area contributed by atoms with Gasteiger partial charge in [0.15, 0.2) is 0 Å². The summed E-state index contributed by atoms with van der Waals surface area (Å²) in [6.07, 6.45) is 0. The molecule has 0 spiro atoms. The van der Waals surface area contributed by atoms with Crippen LogP contribution in [0.4, 0.5) is 0 Å². The van der Waals surface area contributed by atoms with Crippen LogP contribution < -0.4 is 0 Å². The Hall–Kier alpha value is -0.820. The van der Waals surface area contributed by atoms with Crippen LogP contribution in [0.5, 0.6) is 0 Å². The minimum Gasteiger partial charge on any atom is -0.300 e. The summed E-state index contributed by atoms with van der Waals surface area (Å²) in [5.41, 5.74) is 1.34. The fourth-order valence-electron chi connectivity index (χ4n) is 2.69. The van der Waals surface area contributed by atoms with Crippen molar-refractivity contribution < 1.29 is 4.79 Å². The van der Waals surface area contributed by atoms with Gasteiger partial charge in [-0.1, -0.05) is 37.6 Å². The molecule has 1 saturated carbocycles. The molecule has 1 aliphatic rings. The average molecular weight is 223 g/mol. The molecule has 1 aliphatic carbocycles. The highest BCUT2D eigenvalue weighted by Gasteiger charge is 2.60. The minimum absolute atomic E-state index is 0.111. The number of ketones is 1. The van der Waals surface area contributed by atoms with Crippen LogP contribution >= 0.6 is 11.6 Å². The molecule has 2 rings (SSSR count). The molecular formula is C13H15ClO. The van der Waals surface area contributed by atoms with E-state index >= 15 is 0 Å². The predicted octanol–water partition coefficient (Wildman–Crippen LogP) is 3.67. The number of benzene rings is 1. The lowest BCUT2D eigenvalue weighted by molar-refractivity contribution is -0.118. The van der Waals surface area contributed by atoms with Gasteiger partial charge < -0.3 is 0 Å². The highest BCUT2D eigenvalue weighted by Crippen LogP contribution is 2.64. The summed E-state index contributed by atoms with van der Waals surface area (Å²) < 4.78 is 0. The van der Waals surface area contributed by atoms with Gasteiger partial charge in [-0.25, -0.2) is 0 Å². The van der Waals surface area contributed by atoms with Gasteiger partial charge in [-0.2, -0.15) is 0 Å². The summed E-state index contributed by atoms with van der Waals surface area (Å²) in [6.45, 7) is 5.99. The lowest BCUT2D eigenvalue weighted by Crippen LogP contribution is -1.99. The molecule has 0 bridgehead atoms. The number of hydrogen-bond acceptors (Lipinski definition) is 1. The summed E-state index contributed by atoms with van der Waals surface area (Å²) in [5.74, 6) is 0.839. The molecule has 0 aliphatic heterocycles. The van der Waals surface area contributed by atoms with E-state index in [0.29, 0.717) is 11.7 Å². The van der Waals surface area contributed by atoms with E-state index < -0.39 is 0 Å². The maximum absolute atomic E-state index is 11.4. The van der Waals surface area contributed by atoms with E-state index in [-0.39, 0.29) is 11.3 Å². The largest absolute Gasteiger partial charge is 0.300 e. The normalized spacial score (nSPS) is 27.5. The molecule has 0 heterocycles. The topological polar surface area (TPSA) is 17.1 Å². The molecule has 80 valence electrons. The lowest BCUT2D eigenvalue weighted by Gasteiger charge is -2.02. The zero-order chi connectivity index (χ0) is 11.2. The fourth-order valence-corrected chi connectivity index (χ4v) is 2.81. The number of carbonyl (C=O) groups is 1. The van der Waals surface area contributed by atoms with E-state index in [1.165, 1.54) is 5.56 Å². The second-order valence-corrected chi connectivity index (χ2v) is 5.38. The zero-order valence-electron chi connectivity index (χ0n) is 9.25. The molecule has 2 unspecified atom stereocenters. The van der Waals surface area contributed by atoms with Gasteiger partial charge in [0.2, 0.25) is 0 Å². The van der Waals surface area contributed by atoms with Crippen molar-refractivity contribution in [3.05, 3.63) is 34.9 Å². The summed E-state index contributed by atoms with van der Waals surface area (Å²) >= 11 is 5.84. The Labute approximate surface area is 95.4 Å². The zero-order valence-corrected chi connectivity index (χ0v) is 10.0. The van der Waals surface area contributed by atoms with Crippen LogP contribution in [0.15, 0.2) is 24.3 Å². The maximum atomic E-state index is 11.4. The predicted molar refractivity (Wildman–Crippen MR) is 62.1 cm³/mol. The first-order valence-electron chi connectivity index (χ1n) is 5.20. The molecule has 1 aromatic rings. The Morgan fingerprint density at radius 2 is 1.80 bits per heavy atom. The van der Waals surface area contributed by atoms with E-state index in [9.17, 15) is 4.79 Å². The van der Waals surface area contributed by atoms with Crippen LogP contribution in [0.3, 0.4) is 0 Å². The Kier molecular flexibility index (Phi) is 2.38. The van der Waals surface area contributed by atoms with E-state index in [1.54, 1.807) is 6.92 Å². The van der Waals surface area contributed by atoms with Crippen LogP contribution in [0.2, 0.25) is 5.02 Å². The van der Waals surface area contributed by atoms with Crippen LogP contribution in [0.25, 0.3) is 0 Å². The van der Waals surface area contributed by atoms with Crippen molar-refractivity contribution in [2.45, 2.75) is 26.7 Å². The summed E-state index contributed by atoms with van der Waals surface area (Å²) in [4.78, 5) is 11.4. The van der Waals surface area contributed by atoms with Crippen molar-refractivity contribution in [1.82, 2.24) is 0 Å². The minimum atomic E-state index is 0.111. The van der Waals surface area contributed by atoms with Gasteiger partial charge >= 0.3 is 0 Å². The van der Waals surface area contributed by atoms with Gasteiger partial charge in [0, 0.05) is 10.9 Å². The molecule has 0 aromatic heterocycles. The second-order valence-electron chi connectivity index (χ2n) is 4.94. The summed E-state index contributed by atoms with van der Waals surface area (Å²) in [5, 5.41) is 0.747. The van der Waals surface area contributed by atoms with Crippen molar-refractivity contribution in [1.29, 1.82) is 0 Å². The van der Waals surface area contributed by atoms with Crippen LogP contribution in [-0.2, 0) is 4.79 Å². The van der Waals surface area contributed by atoms with Crippen molar-refractivity contribution in [2.24, 2.45) is 11.3 Å². The van der Waals surface area contributed by atoms with Gasteiger partial charge in [0.05, 0.1) is 0 Å². The standard InChI is InChI=1S/C13H15ClO/c1-8(15)11-12(13(11,2)3)9-4-6-10(14)7-5-9/h4-7,11-12H,1-3H3. The van der Waals surface area contributed by atoms with Gasteiger partial charge in [0.1, 0.15) is 5.78 Å². The number of halogens is 1. The van der Waals surface area contributed by atoms with Crippen LogP contribution in [0, 0.1) is 11.3 Å². The first-order chi connectivity index (χ1) is 6.94. The van der Waals surface area contributed by atoms with E-state index in [2.05, 4.69) is 13.8 Å². The molecule has 1 nitrogen and oxygen atoms in total. The maximum Gasteiger partial charge on any atom is 0.134 e. The van der Waals surface area contributed by atoms with Gasteiger partial charge in [-0.05, 0) is 36.0 Å². The molecule has 1 fully saturated rings. The van der Waals surface area contributed by atoms with Crippen molar-refractivity contribution in [2.75, 3.05) is 0 Å². The first-order valence-corrected chi connectivity index (χ1v) is 5.58. The molecule has 1 aromatic carbocycles. The molecular weight excluding hydrogens is 208 g/mol. The second kappa shape index (κ2) is 3.34. The quantitative estimate of drug-likeness (QED) is 0.746. The highest BCUT2D eigenvalue weighted by atomic mass is 35.5. The first kappa shape index (κ1) is 10.7. The van der Waals surface area contributed by atoms with E-state index in [4.69, 9.17) is 11.6 Å². The number of Topliss-reactive ketones (excluding diaryl/α,β-unsaturated/α-hetero) is 1. The third kappa shape index (κ3) is 1.69. The Morgan fingerprint density at radius 1 is 1.27 bits per heavy atom. The number of carbonyl (C=O) groups excluding carboxylic acids is 1. The molecule has 0 amide bonds. The van der Waals surface area contributed by atoms with Gasteiger partial charge in [-0.3, -0.25) is 4.79 Å². The van der Waals surface area contributed by atoms with Gasteiger partial charge in [-0.15, -0.1) is 0 Å². The Balaban J connectivity index is 2.27. The average Bonchev–Trinajstić information content (AvgIpc) is 2.70. The monoisotopic (exact) mass is 222 g/mol. The molecule has 0 saturated heterocycles. The SMILES string of the molecule is CC(=O)C1C(c2ccc(Cl)cc2)C1(C)C. The van der Waals surface area contributed by atoms with Gasteiger partial charge in [0.25, 0.3) is 0 Å². The third-order valence-corrected chi connectivity index (χ3v) is 3.75. The Morgan fingerprint density at radius 3 is 2.20 bits per heavy atom. The summed E-state index contributed by atoms with van der Waals surface area (Å²) in [6, 6.07) is 7.83. The molecule has 15 heavy (non-hydrogen) atoms. The number of hydrogen-bond donors (Lipinski definition) is 0. The third-order valence-electron chi connectivity index (χ3n) is 3.49. The van der Waals surface area contributed by atoms with E-state index in [0.717, 1.165) is 5.02 Å². The summed E-state index contributed by atoms with van der Waals surface area (Å²) in [7, 11) is 0. The molecule has 0 N–H and O–H groups in total. The molecule has 0 radical (unpaired) electrons. The number of rotatable bonds is 2. The van der Waals surface area contributed by atoms with Crippen LogP contribution in [0.1, 0.15) is 32.3 Å². The fraction of sp³-hybridized carbons (Fsp3) is 0.462. The smallest absolute Gasteiger partial charge is 0.134 e. The lowest BCUT2D eigenvalue weighted by atomic mass is 10.0. The highest BCUT2D eigenvalue weighted by molar-refractivity contribution is 6.30. The van der Waals surface area contributed by atoms with Crippen molar-refractivity contribution in [3.8, 4) is 0 Å². The van der Waals surface area contributed by atoms with E-state index in [1.807, 2.05) is 24.3 Å². The molecule has 2 heteroatoms. The van der Waals surface area contributed by atoms with Crippen molar-refractivity contribution >= 4 is 17.4 Å². The van der Waals surface area contributed by atoms with Crippen LogP contribution in [-0.4, -0.2) is 5.78 Å². The molecule has 2 atom stereocenters.